The van der Waals surface area contributed by atoms with Crippen LogP contribution < -0.4 is 10.6 Å². The number of anilines is 1. The average molecular weight is 420 g/mol. The minimum absolute atomic E-state index is 0.109. The van der Waals surface area contributed by atoms with Gasteiger partial charge < -0.3 is 10.6 Å². The number of hydrogen-bond donors (Lipinski definition) is 2. The molecule has 2 aromatic rings. The van der Waals surface area contributed by atoms with Gasteiger partial charge in [0.15, 0.2) is 0 Å². The molecule has 0 unspecified atom stereocenters. The molecule has 1 atom stereocenters. The predicted octanol–water partition coefficient (Wildman–Crippen LogP) is 3.89. The van der Waals surface area contributed by atoms with E-state index in [4.69, 9.17) is 0 Å². The summed E-state index contributed by atoms with van der Waals surface area (Å²) in [6.07, 6.45) is 2.98. The first-order valence-electron chi connectivity index (χ1n) is 9.76. The number of hydrogen-bond acceptors (Lipinski definition) is 3. The van der Waals surface area contributed by atoms with Crippen molar-refractivity contribution in [3.05, 3.63) is 59.9 Å². The summed E-state index contributed by atoms with van der Waals surface area (Å²) in [4.78, 5) is 12.1. The Morgan fingerprint density at radius 1 is 1.17 bits per heavy atom. The predicted molar refractivity (Wildman–Crippen MR) is 111 cm³/mol. The molecule has 1 fully saturated rings. The molecule has 6 nitrogen and oxygen atoms in total. The number of halogens is 1. The first kappa shape index (κ1) is 21.3. The van der Waals surface area contributed by atoms with Gasteiger partial charge in [0.1, 0.15) is 5.82 Å². The number of para-hydroxylation sites is 1. The number of nitrogens with one attached hydrogen (secondary N) is 2. The molecule has 0 aliphatic carbocycles. The number of piperidine rings is 1. The third kappa shape index (κ3) is 5.33. The monoisotopic (exact) mass is 419 g/mol. The molecule has 2 aromatic carbocycles. The zero-order chi connectivity index (χ0) is 20.9. The largest absolute Gasteiger partial charge is 0.338 e. The standard InChI is InChI=1S/C21H26FN3O3S/c1-16-15-19(10-11-20(16)22)29(27,28)25-14-6-5-9-18(25)12-13-23-21(26)24-17-7-3-2-4-8-17/h2-4,7-8,10-11,15,18H,5-6,9,12-14H2,1H3,(H2,23,24,26)/t18-/m0/s1. The van der Waals surface area contributed by atoms with Crippen molar-refractivity contribution < 1.29 is 17.6 Å². The van der Waals surface area contributed by atoms with Crippen LogP contribution in [0.5, 0.6) is 0 Å². The van der Waals surface area contributed by atoms with Gasteiger partial charge in [-0.25, -0.2) is 17.6 Å². The lowest BCUT2D eigenvalue weighted by Crippen LogP contribution is -2.45. The molecule has 0 saturated carbocycles. The van der Waals surface area contributed by atoms with Gasteiger partial charge in [-0.05, 0) is 62.1 Å². The van der Waals surface area contributed by atoms with Crippen molar-refractivity contribution in [1.29, 1.82) is 0 Å². The SMILES string of the molecule is Cc1cc(S(=O)(=O)N2CCCC[C@H]2CCNC(=O)Nc2ccccc2)ccc1F. The lowest BCUT2D eigenvalue weighted by atomic mass is 10.0. The van der Waals surface area contributed by atoms with Crippen LogP contribution in [0.15, 0.2) is 53.4 Å². The highest BCUT2D eigenvalue weighted by Gasteiger charge is 2.33. The molecule has 0 spiro atoms. The molecule has 0 radical (unpaired) electrons. The van der Waals surface area contributed by atoms with Crippen LogP contribution in [-0.4, -0.2) is 37.9 Å². The smallest absolute Gasteiger partial charge is 0.319 e. The fraction of sp³-hybridized carbons (Fsp3) is 0.381. The highest BCUT2D eigenvalue weighted by atomic mass is 32.2. The summed E-state index contributed by atoms with van der Waals surface area (Å²) in [6, 6.07) is 12.5. The summed E-state index contributed by atoms with van der Waals surface area (Å²) in [5.41, 5.74) is 0.998. The normalized spacial score (nSPS) is 17.7. The lowest BCUT2D eigenvalue weighted by Gasteiger charge is -2.34. The molecule has 2 N–H and O–H groups in total. The first-order valence-corrected chi connectivity index (χ1v) is 11.2. The molecular weight excluding hydrogens is 393 g/mol. The van der Waals surface area contributed by atoms with Gasteiger partial charge in [0.05, 0.1) is 4.90 Å². The van der Waals surface area contributed by atoms with E-state index in [-0.39, 0.29) is 17.0 Å². The van der Waals surface area contributed by atoms with Crippen molar-refractivity contribution in [2.75, 3.05) is 18.4 Å². The maximum Gasteiger partial charge on any atom is 0.319 e. The van der Waals surface area contributed by atoms with Crippen molar-refractivity contribution in [3.8, 4) is 0 Å². The molecular formula is C21H26FN3O3S. The van der Waals surface area contributed by atoms with Crippen molar-refractivity contribution in [3.63, 3.8) is 0 Å². The summed E-state index contributed by atoms with van der Waals surface area (Å²) in [6.45, 7) is 2.34. The van der Waals surface area contributed by atoms with Crippen LogP contribution in [0.4, 0.5) is 14.9 Å². The first-order chi connectivity index (χ1) is 13.9. The second-order valence-electron chi connectivity index (χ2n) is 7.21. The van der Waals surface area contributed by atoms with E-state index in [0.717, 1.165) is 19.3 Å². The quantitative estimate of drug-likeness (QED) is 0.746. The van der Waals surface area contributed by atoms with Gasteiger partial charge in [-0.2, -0.15) is 4.31 Å². The second kappa shape index (κ2) is 9.37. The van der Waals surface area contributed by atoms with Gasteiger partial charge in [-0.1, -0.05) is 24.6 Å². The van der Waals surface area contributed by atoms with Crippen molar-refractivity contribution >= 4 is 21.7 Å². The van der Waals surface area contributed by atoms with Crippen LogP contribution in [0, 0.1) is 12.7 Å². The van der Waals surface area contributed by atoms with E-state index in [1.54, 1.807) is 19.1 Å². The van der Waals surface area contributed by atoms with Crippen molar-refractivity contribution in [2.24, 2.45) is 0 Å². The highest BCUT2D eigenvalue weighted by Crippen LogP contribution is 2.27. The van der Waals surface area contributed by atoms with Crippen LogP contribution in [0.3, 0.4) is 0 Å². The maximum absolute atomic E-state index is 13.5. The van der Waals surface area contributed by atoms with Gasteiger partial charge in [-0.3, -0.25) is 0 Å². The van der Waals surface area contributed by atoms with E-state index in [1.807, 2.05) is 18.2 Å². The maximum atomic E-state index is 13.5. The number of nitrogens with zero attached hydrogens (tertiary/aromatic N) is 1. The second-order valence-corrected chi connectivity index (χ2v) is 9.10. The van der Waals surface area contributed by atoms with Crippen LogP contribution in [0.1, 0.15) is 31.2 Å². The summed E-state index contributed by atoms with van der Waals surface area (Å²) in [5.74, 6) is -0.423. The fourth-order valence-electron chi connectivity index (χ4n) is 3.54. The molecule has 0 bridgehead atoms. The van der Waals surface area contributed by atoms with Crippen LogP contribution >= 0.6 is 0 Å². The summed E-state index contributed by atoms with van der Waals surface area (Å²) >= 11 is 0. The fourth-order valence-corrected chi connectivity index (χ4v) is 5.35. The van der Waals surface area contributed by atoms with Gasteiger partial charge in [0.2, 0.25) is 10.0 Å². The lowest BCUT2D eigenvalue weighted by molar-refractivity contribution is 0.234. The zero-order valence-electron chi connectivity index (χ0n) is 16.4. The summed E-state index contributed by atoms with van der Waals surface area (Å²) in [7, 11) is -3.71. The van der Waals surface area contributed by atoms with Crippen LogP contribution in [-0.2, 0) is 10.0 Å². The number of carbonyl (C=O) groups is 1. The van der Waals surface area contributed by atoms with E-state index < -0.39 is 15.8 Å². The third-order valence-electron chi connectivity index (χ3n) is 5.10. The molecule has 8 heteroatoms. The number of amides is 2. The molecule has 2 amide bonds. The topological polar surface area (TPSA) is 78.5 Å². The molecule has 1 aliphatic heterocycles. The number of aryl methyl sites for hydroxylation is 1. The van der Waals surface area contributed by atoms with Gasteiger partial charge in [-0.15, -0.1) is 0 Å². The molecule has 1 saturated heterocycles. The minimum atomic E-state index is -3.71. The van der Waals surface area contributed by atoms with Crippen molar-refractivity contribution in [1.82, 2.24) is 9.62 Å². The number of sulfonamides is 1. The number of urea groups is 1. The van der Waals surface area contributed by atoms with Gasteiger partial charge in [0.25, 0.3) is 0 Å². The highest BCUT2D eigenvalue weighted by molar-refractivity contribution is 7.89. The Morgan fingerprint density at radius 2 is 1.93 bits per heavy atom. The summed E-state index contributed by atoms with van der Waals surface area (Å²) in [5, 5.41) is 5.53. The van der Waals surface area contributed by atoms with E-state index in [0.29, 0.717) is 30.8 Å². The third-order valence-corrected chi connectivity index (χ3v) is 7.05. The van der Waals surface area contributed by atoms with Crippen LogP contribution in [0.25, 0.3) is 0 Å². The van der Waals surface area contributed by atoms with E-state index in [2.05, 4.69) is 10.6 Å². The Balaban J connectivity index is 1.62. The van der Waals surface area contributed by atoms with E-state index >= 15 is 0 Å². The molecule has 1 heterocycles. The number of carbonyl (C=O) groups excluding carboxylic acids is 1. The Morgan fingerprint density at radius 3 is 2.66 bits per heavy atom. The van der Waals surface area contributed by atoms with Gasteiger partial charge in [0, 0.05) is 24.8 Å². The summed E-state index contributed by atoms with van der Waals surface area (Å²) < 4.78 is 41.3. The molecule has 29 heavy (non-hydrogen) atoms. The van der Waals surface area contributed by atoms with E-state index in [9.17, 15) is 17.6 Å². The Kier molecular flexibility index (Phi) is 6.87. The number of rotatable bonds is 6. The van der Waals surface area contributed by atoms with Crippen molar-refractivity contribution in [2.45, 2.75) is 43.5 Å². The Labute approximate surface area is 171 Å². The van der Waals surface area contributed by atoms with E-state index in [1.165, 1.54) is 22.5 Å². The molecule has 1 aliphatic rings. The molecule has 3 rings (SSSR count). The average Bonchev–Trinajstić information content (AvgIpc) is 2.71. The van der Waals surface area contributed by atoms with Crippen LogP contribution in [0.2, 0.25) is 0 Å². The Hall–Kier alpha value is -2.45. The van der Waals surface area contributed by atoms with Gasteiger partial charge >= 0.3 is 6.03 Å². The minimum Gasteiger partial charge on any atom is -0.338 e. The molecule has 156 valence electrons. The molecule has 0 aromatic heterocycles. The zero-order valence-corrected chi connectivity index (χ0v) is 17.2. The Bertz CT molecular complexity index is 951. The number of benzene rings is 2.